The van der Waals surface area contributed by atoms with Gasteiger partial charge in [-0.25, -0.2) is 0 Å². The van der Waals surface area contributed by atoms with E-state index in [4.69, 9.17) is 0 Å². The molecule has 0 saturated carbocycles. The number of carbonyl (C=O) groups excluding carboxylic acids is 1. The molecule has 0 aliphatic carbocycles. The van der Waals surface area contributed by atoms with Gasteiger partial charge in [-0.2, -0.15) is 0 Å². The van der Waals surface area contributed by atoms with Crippen molar-refractivity contribution in [3.05, 3.63) is 20.8 Å². The fourth-order valence-corrected chi connectivity index (χ4v) is 3.87. The molecule has 1 fully saturated rings. The van der Waals surface area contributed by atoms with Crippen molar-refractivity contribution in [1.82, 2.24) is 4.90 Å². The van der Waals surface area contributed by atoms with E-state index in [1.807, 2.05) is 19.2 Å². The maximum absolute atomic E-state index is 12.3. The minimum atomic E-state index is -0.801. The highest BCUT2D eigenvalue weighted by molar-refractivity contribution is 9.10. The number of amides is 1. The monoisotopic (exact) mass is 345 g/mol. The molecular weight excluding hydrogens is 330 g/mol. The lowest BCUT2D eigenvalue weighted by atomic mass is 9.76. The summed E-state index contributed by atoms with van der Waals surface area (Å²) in [5.74, 6) is -0.859. The quantitative estimate of drug-likeness (QED) is 0.915. The number of rotatable bonds is 3. The van der Waals surface area contributed by atoms with Crippen LogP contribution in [0, 0.1) is 11.3 Å². The molecule has 0 radical (unpaired) electrons. The maximum atomic E-state index is 12.3. The van der Waals surface area contributed by atoms with Crippen molar-refractivity contribution in [2.45, 2.75) is 20.3 Å². The van der Waals surface area contributed by atoms with E-state index in [-0.39, 0.29) is 11.8 Å². The molecule has 0 spiro atoms. The molecule has 1 unspecified atom stereocenters. The van der Waals surface area contributed by atoms with Gasteiger partial charge in [-0.15, -0.1) is 11.3 Å². The SMILES string of the molecule is CC(C)C1(C(=O)O)CCN(C(=O)c2cc(Br)cs2)C1. The minimum Gasteiger partial charge on any atom is -0.481 e. The zero-order chi connectivity index (χ0) is 14.2. The summed E-state index contributed by atoms with van der Waals surface area (Å²) in [6, 6.07) is 1.78. The van der Waals surface area contributed by atoms with Crippen molar-refractivity contribution in [3.8, 4) is 0 Å². The molecule has 1 aliphatic rings. The number of nitrogens with zero attached hydrogens (tertiary/aromatic N) is 1. The molecule has 1 aromatic heterocycles. The van der Waals surface area contributed by atoms with E-state index in [2.05, 4.69) is 15.9 Å². The van der Waals surface area contributed by atoms with Crippen LogP contribution in [0.5, 0.6) is 0 Å². The lowest BCUT2D eigenvalue weighted by molar-refractivity contribution is -0.150. The molecule has 1 saturated heterocycles. The first-order valence-corrected chi connectivity index (χ1v) is 7.81. The van der Waals surface area contributed by atoms with Gasteiger partial charge in [0.1, 0.15) is 0 Å². The summed E-state index contributed by atoms with van der Waals surface area (Å²) in [5.41, 5.74) is -0.801. The first kappa shape index (κ1) is 14.5. The molecule has 4 nitrogen and oxygen atoms in total. The Morgan fingerprint density at radius 2 is 2.21 bits per heavy atom. The van der Waals surface area contributed by atoms with E-state index in [1.165, 1.54) is 11.3 Å². The van der Waals surface area contributed by atoms with E-state index in [1.54, 1.807) is 11.0 Å². The molecule has 19 heavy (non-hydrogen) atoms. The van der Waals surface area contributed by atoms with Gasteiger partial charge in [-0.3, -0.25) is 9.59 Å². The number of hydrogen-bond acceptors (Lipinski definition) is 3. The van der Waals surface area contributed by atoms with Crippen LogP contribution in [0.2, 0.25) is 0 Å². The van der Waals surface area contributed by atoms with Gasteiger partial charge in [0, 0.05) is 22.9 Å². The van der Waals surface area contributed by atoms with E-state index >= 15 is 0 Å². The Labute approximate surface area is 124 Å². The molecule has 0 bridgehead atoms. The number of hydrogen-bond donors (Lipinski definition) is 1. The van der Waals surface area contributed by atoms with Crippen LogP contribution >= 0.6 is 27.3 Å². The van der Waals surface area contributed by atoms with Crippen molar-refractivity contribution in [3.63, 3.8) is 0 Å². The van der Waals surface area contributed by atoms with Gasteiger partial charge in [0.25, 0.3) is 5.91 Å². The Bertz CT molecular complexity index is 514. The highest BCUT2D eigenvalue weighted by Crippen LogP contribution is 2.39. The zero-order valence-electron chi connectivity index (χ0n) is 10.9. The number of carboxylic acids is 1. The van der Waals surface area contributed by atoms with Gasteiger partial charge < -0.3 is 10.0 Å². The maximum Gasteiger partial charge on any atom is 0.311 e. The molecule has 1 amide bonds. The normalized spacial score (nSPS) is 23.1. The van der Waals surface area contributed by atoms with E-state index in [0.29, 0.717) is 24.4 Å². The van der Waals surface area contributed by atoms with E-state index in [9.17, 15) is 14.7 Å². The first-order chi connectivity index (χ1) is 8.86. The third kappa shape index (κ3) is 2.56. The van der Waals surface area contributed by atoms with E-state index < -0.39 is 11.4 Å². The van der Waals surface area contributed by atoms with Gasteiger partial charge in [0.05, 0.1) is 10.3 Å². The summed E-state index contributed by atoms with van der Waals surface area (Å²) in [7, 11) is 0. The third-order valence-corrected chi connectivity index (χ3v) is 5.58. The molecule has 2 heterocycles. The second-order valence-electron chi connectivity index (χ2n) is 5.22. The minimum absolute atomic E-state index is 0.0119. The third-order valence-electron chi connectivity index (χ3n) is 3.90. The van der Waals surface area contributed by atoms with Crippen LogP contribution in [0.15, 0.2) is 15.9 Å². The molecule has 1 aliphatic heterocycles. The Morgan fingerprint density at radius 1 is 1.53 bits per heavy atom. The number of carboxylic acid groups (broad SMARTS) is 1. The molecule has 104 valence electrons. The van der Waals surface area contributed by atoms with Crippen LogP contribution in [0.1, 0.15) is 29.9 Å². The Balaban J connectivity index is 2.18. The van der Waals surface area contributed by atoms with Crippen LogP contribution in [0.25, 0.3) is 0 Å². The van der Waals surface area contributed by atoms with Crippen LogP contribution in [-0.2, 0) is 4.79 Å². The second-order valence-corrected chi connectivity index (χ2v) is 7.05. The van der Waals surface area contributed by atoms with Crippen molar-refractivity contribution in [1.29, 1.82) is 0 Å². The van der Waals surface area contributed by atoms with Gasteiger partial charge >= 0.3 is 5.97 Å². The highest BCUT2D eigenvalue weighted by atomic mass is 79.9. The van der Waals surface area contributed by atoms with E-state index in [0.717, 1.165) is 4.47 Å². The standard InChI is InChI=1S/C13H16BrNO3S/c1-8(2)13(12(17)18)3-4-15(7-13)11(16)10-5-9(14)6-19-10/h5-6,8H,3-4,7H2,1-2H3,(H,17,18). The van der Waals surface area contributed by atoms with Gasteiger partial charge in [-0.05, 0) is 34.3 Å². The molecular formula is C13H16BrNO3S. The van der Waals surface area contributed by atoms with Gasteiger partial charge in [0.15, 0.2) is 0 Å². The molecule has 1 aromatic rings. The number of aliphatic carboxylic acids is 1. The predicted molar refractivity (Wildman–Crippen MR) is 77.4 cm³/mol. The summed E-state index contributed by atoms with van der Waals surface area (Å²) >= 11 is 4.70. The zero-order valence-corrected chi connectivity index (χ0v) is 13.3. The van der Waals surface area contributed by atoms with Crippen LogP contribution in [0.3, 0.4) is 0 Å². The predicted octanol–water partition coefficient (Wildman–Crippen LogP) is 3.08. The number of likely N-dealkylation sites (tertiary alicyclic amines) is 1. The first-order valence-electron chi connectivity index (χ1n) is 6.13. The Hall–Kier alpha value is -0.880. The summed E-state index contributed by atoms with van der Waals surface area (Å²) in [6.07, 6.45) is 0.526. The number of halogens is 1. The van der Waals surface area contributed by atoms with Gasteiger partial charge in [0.2, 0.25) is 0 Å². The lowest BCUT2D eigenvalue weighted by Gasteiger charge is -2.28. The second kappa shape index (κ2) is 5.25. The average molecular weight is 346 g/mol. The smallest absolute Gasteiger partial charge is 0.311 e. The fraction of sp³-hybridized carbons (Fsp3) is 0.538. The summed E-state index contributed by atoms with van der Waals surface area (Å²) < 4.78 is 0.883. The molecule has 0 aromatic carbocycles. The van der Waals surface area contributed by atoms with Crippen molar-refractivity contribution in [2.75, 3.05) is 13.1 Å². The van der Waals surface area contributed by atoms with Crippen molar-refractivity contribution < 1.29 is 14.7 Å². The summed E-state index contributed by atoms with van der Waals surface area (Å²) in [5, 5.41) is 11.3. The highest BCUT2D eigenvalue weighted by Gasteiger charge is 2.48. The fourth-order valence-electron chi connectivity index (χ4n) is 2.48. The lowest BCUT2D eigenvalue weighted by Crippen LogP contribution is -2.40. The molecule has 1 N–H and O–H groups in total. The van der Waals surface area contributed by atoms with Crippen molar-refractivity contribution in [2.24, 2.45) is 11.3 Å². The Kier molecular flexibility index (Phi) is 4.01. The Morgan fingerprint density at radius 3 is 2.63 bits per heavy atom. The topological polar surface area (TPSA) is 57.6 Å². The van der Waals surface area contributed by atoms with Crippen molar-refractivity contribution >= 4 is 39.1 Å². The summed E-state index contributed by atoms with van der Waals surface area (Å²) in [6.45, 7) is 4.63. The van der Waals surface area contributed by atoms with Crippen LogP contribution < -0.4 is 0 Å². The summed E-state index contributed by atoms with van der Waals surface area (Å²) in [4.78, 5) is 26.2. The molecule has 6 heteroatoms. The number of thiophene rings is 1. The molecule has 1 atom stereocenters. The molecule has 2 rings (SSSR count). The largest absolute Gasteiger partial charge is 0.481 e. The van der Waals surface area contributed by atoms with Gasteiger partial charge in [-0.1, -0.05) is 13.8 Å². The van der Waals surface area contributed by atoms with Crippen LogP contribution in [-0.4, -0.2) is 35.0 Å². The van der Waals surface area contributed by atoms with Crippen LogP contribution in [0.4, 0.5) is 0 Å². The number of carbonyl (C=O) groups is 2. The average Bonchev–Trinajstić information content (AvgIpc) is 2.94.